The molecule has 0 aliphatic rings. The summed E-state index contributed by atoms with van der Waals surface area (Å²) >= 11 is 0. The monoisotopic (exact) mass is 385 g/mol. The average molecular weight is 385 g/mol. The first-order valence-electron chi connectivity index (χ1n) is 9.19. The van der Waals surface area contributed by atoms with Crippen LogP contribution in [0.2, 0.25) is 0 Å². The van der Waals surface area contributed by atoms with E-state index in [2.05, 4.69) is 15.5 Å². The zero-order valence-electron chi connectivity index (χ0n) is 15.6. The number of rotatable bonds is 7. The molecule has 2 heterocycles. The molecule has 1 amide bonds. The molecule has 0 unspecified atom stereocenters. The van der Waals surface area contributed by atoms with E-state index in [0.717, 1.165) is 22.4 Å². The summed E-state index contributed by atoms with van der Waals surface area (Å²) < 4.78 is 11.0. The van der Waals surface area contributed by atoms with Gasteiger partial charge in [0.15, 0.2) is 11.5 Å². The minimum atomic E-state index is -0.284. The fourth-order valence-corrected chi connectivity index (χ4v) is 2.75. The van der Waals surface area contributed by atoms with Gasteiger partial charge in [0, 0.05) is 36.1 Å². The molecule has 0 saturated carbocycles. The van der Waals surface area contributed by atoms with Crippen molar-refractivity contribution in [2.24, 2.45) is 0 Å². The smallest absolute Gasteiger partial charge is 0.273 e. The van der Waals surface area contributed by atoms with Gasteiger partial charge in [-0.2, -0.15) is 0 Å². The Labute approximate surface area is 168 Å². The van der Waals surface area contributed by atoms with Crippen molar-refractivity contribution in [3.05, 3.63) is 102 Å². The van der Waals surface area contributed by atoms with Crippen LogP contribution in [-0.4, -0.2) is 16.0 Å². The van der Waals surface area contributed by atoms with Gasteiger partial charge < -0.3 is 14.6 Å². The number of pyridine rings is 1. The van der Waals surface area contributed by atoms with E-state index in [9.17, 15) is 4.79 Å². The summed E-state index contributed by atoms with van der Waals surface area (Å²) in [5, 5.41) is 6.71. The van der Waals surface area contributed by atoms with Crippen molar-refractivity contribution < 1.29 is 14.1 Å². The summed E-state index contributed by atoms with van der Waals surface area (Å²) in [6.07, 6.45) is 3.51. The number of nitrogens with one attached hydrogen (secondary N) is 1. The van der Waals surface area contributed by atoms with Gasteiger partial charge in [-0.1, -0.05) is 53.7 Å². The zero-order valence-corrected chi connectivity index (χ0v) is 15.6. The van der Waals surface area contributed by atoms with Crippen LogP contribution in [0.25, 0.3) is 11.3 Å². The van der Waals surface area contributed by atoms with E-state index < -0.39 is 0 Å². The van der Waals surface area contributed by atoms with E-state index in [0.29, 0.717) is 18.9 Å². The fourth-order valence-electron chi connectivity index (χ4n) is 2.75. The Kier molecular flexibility index (Phi) is 5.62. The lowest BCUT2D eigenvalue weighted by molar-refractivity contribution is 0.0942. The van der Waals surface area contributed by atoms with Gasteiger partial charge in [-0.15, -0.1) is 0 Å². The van der Waals surface area contributed by atoms with Crippen molar-refractivity contribution in [2.75, 3.05) is 0 Å². The molecule has 29 heavy (non-hydrogen) atoms. The third-order valence-corrected chi connectivity index (χ3v) is 4.31. The second-order valence-electron chi connectivity index (χ2n) is 6.42. The Hall–Kier alpha value is -3.93. The van der Waals surface area contributed by atoms with Crippen LogP contribution in [-0.2, 0) is 13.2 Å². The average Bonchev–Trinajstić information content (AvgIpc) is 3.29. The summed E-state index contributed by atoms with van der Waals surface area (Å²) in [6.45, 7) is 0.842. The molecule has 0 fully saturated rings. The maximum absolute atomic E-state index is 12.3. The Morgan fingerprint density at radius 1 is 0.966 bits per heavy atom. The van der Waals surface area contributed by atoms with Crippen LogP contribution < -0.4 is 10.1 Å². The molecule has 0 aliphatic carbocycles. The van der Waals surface area contributed by atoms with Gasteiger partial charge in [0.25, 0.3) is 5.91 Å². The molecule has 6 nitrogen and oxygen atoms in total. The largest absolute Gasteiger partial charge is 0.489 e. The summed E-state index contributed by atoms with van der Waals surface area (Å²) in [4.78, 5) is 16.4. The van der Waals surface area contributed by atoms with E-state index in [-0.39, 0.29) is 11.6 Å². The molecule has 2 aromatic heterocycles. The highest BCUT2D eigenvalue weighted by Gasteiger charge is 2.13. The fraction of sp³-hybridized carbons (Fsp3) is 0.0870. The van der Waals surface area contributed by atoms with Crippen molar-refractivity contribution in [3.8, 4) is 17.1 Å². The van der Waals surface area contributed by atoms with Gasteiger partial charge in [-0.25, -0.2) is 0 Å². The lowest BCUT2D eigenvalue weighted by Crippen LogP contribution is -2.22. The molecule has 1 N–H and O–H groups in total. The lowest BCUT2D eigenvalue weighted by Gasteiger charge is -2.07. The van der Waals surface area contributed by atoms with Gasteiger partial charge in [-0.3, -0.25) is 9.78 Å². The number of carbonyl (C=O) groups excluding carboxylic acids is 1. The quantitative estimate of drug-likeness (QED) is 0.515. The summed E-state index contributed by atoms with van der Waals surface area (Å²) in [5.41, 5.74) is 3.09. The van der Waals surface area contributed by atoms with Crippen LogP contribution in [0, 0.1) is 0 Å². The van der Waals surface area contributed by atoms with Crippen LogP contribution in [0.5, 0.6) is 5.75 Å². The zero-order chi connectivity index (χ0) is 19.9. The first-order valence-corrected chi connectivity index (χ1v) is 9.19. The number of carbonyl (C=O) groups is 1. The standard InChI is InChI=1S/C23H19N3O3/c27-23(21-13-22(29-26-21)19-6-2-1-3-7-19)25-15-17-8-10-20(11-9-17)28-16-18-5-4-12-24-14-18/h1-14H,15-16H2,(H,25,27). The van der Waals surface area contributed by atoms with E-state index in [4.69, 9.17) is 9.26 Å². The van der Waals surface area contributed by atoms with Crippen LogP contribution >= 0.6 is 0 Å². The van der Waals surface area contributed by atoms with Crippen molar-refractivity contribution in [2.45, 2.75) is 13.2 Å². The molecule has 2 aromatic carbocycles. The van der Waals surface area contributed by atoms with Gasteiger partial charge >= 0.3 is 0 Å². The van der Waals surface area contributed by atoms with Crippen LogP contribution in [0.1, 0.15) is 21.6 Å². The number of nitrogens with zero attached hydrogens (tertiary/aromatic N) is 2. The third-order valence-electron chi connectivity index (χ3n) is 4.31. The molecule has 0 bridgehead atoms. The topological polar surface area (TPSA) is 77.2 Å². The SMILES string of the molecule is O=C(NCc1ccc(OCc2cccnc2)cc1)c1cc(-c2ccccc2)on1. The molecule has 144 valence electrons. The molecule has 4 rings (SSSR count). The molecule has 0 spiro atoms. The van der Waals surface area contributed by atoms with Gasteiger partial charge in [0.2, 0.25) is 0 Å². The Balaban J connectivity index is 1.30. The second-order valence-corrected chi connectivity index (χ2v) is 6.42. The third kappa shape index (κ3) is 4.87. The minimum Gasteiger partial charge on any atom is -0.489 e. The molecule has 0 radical (unpaired) electrons. The van der Waals surface area contributed by atoms with E-state index in [1.807, 2.05) is 66.7 Å². The summed E-state index contributed by atoms with van der Waals surface area (Å²) in [5.74, 6) is 1.03. The number of hydrogen-bond acceptors (Lipinski definition) is 5. The second kappa shape index (κ2) is 8.84. The van der Waals surface area contributed by atoms with Crippen molar-refractivity contribution >= 4 is 5.91 Å². The number of ether oxygens (including phenoxy) is 1. The minimum absolute atomic E-state index is 0.250. The highest BCUT2D eigenvalue weighted by Crippen LogP contribution is 2.20. The summed E-state index contributed by atoms with van der Waals surface area (Å²) in [6, 6.07) is 22.6. The van der Waals surface area contributed by atoms with Crippen molar-refractivity contribution in [1.82, 2.24) is 15.5 Å². The molecule has 0 atom stereocenters. The number of hydrogen-bond donors (Lipinski definition) is 1. The molecule has 0 saturated heterocycles. The summed E-state index contributed by atoms with van der Waals surface area (Å²) in [7, 11) is 0. The van der Waals surface area contributed by atoms with Crippen LogP contribution in [0.4, 0.5) is 0 Å². The normalized spacial score (nSPS) is 10.5. The van der Waals surface area contributed by atoms with Crippen LogP contribution in [0.3, 0.4) is 0 Å². The Morgan fingerprint density at radius 3 is 2.55 bits per heavy atom. The van der Waals surface area contributed by atoms with Gasteiger partial charge in [0.05, 0.1) is 0 Å². The van der Waals surface area contributed by atoms with E-state index in [1.165, 1.54) is 0 Å². The first-order chi connectivity index (χ1) is 14.3. The molecule has 4 aromatic rings. The van der Waals surface area contributed by atoms with Gasteiger partial charge in [-0.05, 0) is 23.8 Å². The first kappa shape index (κ1) is 18.4. The number of benzene rings is 2. The molecule has 6 heteroatoms. The van der Waals surface area contributed by atoms with Crippen molar-refractivity contribution in [1.29, 1.82) is 0 Å². The maximum Gasteiger partial charge on any atom is 0.273 e. The van der Waals surface area contributed by atoms with Crippen LogP contribution in [0.15, 0.2) is 89.7 Å². The van der Waals surface area contributed by atoms with E-state index in [1.54, 1.807) is 18.5 Å². The predicted octanol–water partition coefficient (Wildman–Crippen LogP) is 4.25. The predicted molar refractivity (Wildman–Crippen MR) is 108 cm³/mol. The molecule has 0 aliphatic heterocycles. The van der Waals surface area contributed by atoms with Gasteiger partial charge in [0.1, 0.15) is 12.4 Å². The maximum atomic E-state index is 12.3. The molecular formula is C23H19N3O3. The molecular weight excluding hydrogens is 366 g/mol. The Bertz CT molecular complexity index is 1060. The highest BCUT2D eigenvalue weighted by molar-refractivity contribution is 5.93. The van der Waals surface area contributed by atoms with Crippen molar-refractivity contribution in [3.63, 3.8) is 0 Å². The van der Waals surface area contributed by atoms with E-state index >= 15 is 0 Å². The Morgan fingerprint density at radius 2 is 1.79 bits per heavy atom. The number of aromatic nitrogens is 2. The number of amides is 1. The lowest BCUT2D eigenvalue weighted by atomic mass is 10.1. The highest BCUT2D eigenvalue weighted by atomic mass is 16.5.